The van der Waals surface area contributed by atoms with Crippen LogP contribution in [0.1, 0.15) is 59.8 Å². The first-order chi connectivity index (χ1) is 13.0. The first-order valence-corrected chi connectivity index (χ1v) is 10.4. The predicted octanol–water partition coefficient (Wildman–Crippen LogP) is 4.47. The molecular weight excluding hydrogens is 340 g/mol. The first kappa shape index (κ1) is 21.7. The number of nitrogens with zero attached hydrogens (tertiary/aromatic N) is 1. The summed E-state index contributed by atoms with van der Waals surface area (Å²) in [4.78, 5) is 15.0. The van der Waals surface area contributed by atoms with Crippen molar-refractivity contribution in [2.45, 2.75) is 71.4 Å². The number of nitrogens with one attached hydrogen (secondary N) is 1. The Morgan fingerprint density at radius 3 is 2.63 bits per heavy atom. The molecule has 2 atom stereocenters. The number of anilines is 1. The number of ether oxygens (including phenoxy) is 2. The molecule has 1 aromatic carbocycles. The van der Waals surface area contributed by atoms with E-state index in [9.17, 15) is 4.79 Å². The summed E-state index contributed by atoms with van der Waals surface area (Å²) >= 11 is 0. The maximum Gasteiger partial charge on any atom is 0.256 e. The lowest BCUT2D eigenvalue weighted by Gasteiger charge is -2.33. The number of piperidine rings is 1. The molecule has 1 aromatic rings. The molecule has 27 heavy (non-hydrogen) atoms. The standard InChI is InChI=1S/C22H36N2O3/c1-5-22(4,27-6-2)21(25)23-19-11-13-20(14-12-19)26-17-9-16-24-15-8-7-10-18(24)3/h11-14,18H,5-10,15-17H2,1-4H3,(H,23,25)/t18-,22+/m1/s1. The average molecular weight is 377 g/mol. The molecule has 1 amide bonds. The van der Waals surface area contributed by atoms with Crippen molar-refractivity contribution >= 4 is 11.6 Å². The van der Waals surface area contributed by atoms with Gasteiger partial charge in [-0.15, -0.1) is 0 Å². The highest BCUT2D eigenvalue weighted by Crippen LogP contribution is 2.21. The molecule has 5 nitrogen and oxygen atoms in total. The minimum atomic E-state index is -0.796. The molecule has 0 spiro atoms. The van der Waals surface area contributed by atoms with Gasteiger partial charge in [-0.05, 0) is 77.3 Å². The van der Waals surface area contributed by atoms with Crippen molar-refractivity contribution < 1.29 is 14.3 Å². The van der Waals surface area contributed by atoms with E-state index in [-0.39, 0.29) is 5.91 Å². The Hall–Kier alpha value is -1.59. The van der Waals surface area contributed by atoms with Gasteiger partial charge in [-0.25, -0.2) is 0 Å². The number of benzene rings is 1. The van der Waals surface area contributed by atoms with Crippen molar-refractivity contribution in [2.24, 2.45) is 0 Å². The molecule has 0 bridgehead atoms. The SMILES string of the molecule is CCO[C@@](C)(CC)C(=O)Nc1ccc(OCCCN2CCCC[C@H]2C)cc1. The van der Waals surface area contributed by atoms with E-state index in [4.69, 9.17) is 9.47 Å². The number of hydrogen-bond acceptors (Lipinski definition) is 4. The van der Waals surface area contributed by atoms with Crippen LogP contribution in [0.2, 0.25) is 0 Å². The van der Waals surface area contributed by atoms with E-state index in [1.165, 1.54) is 25.8 Å². The molecule has 0 saturated carbocycles. The molecule has 1 fully saturated rings. The molecule has 0 radical (unpaired) electrons. The van der Waals surface area contributed by atoms with Crippen LogP contribution in [0.3, 0.4) is 0 Å². The summed E-state index contributed by atoms with van der Waals surface area (Å²) in [6.07, 6.45) is 5.65. The van der Waals surface area contributed by atoms with Gasteiger partial charge >= 0.3 is 0 Å². The zero-order valence-corrected chi connectivity index (χ0v) is 17.4. The van der Waals surface area contributed by atoms with Gasteiger partial charge in [-0.3, -0.25) is 4.79 Å². The van der Waals surface area contributed by atoms with Crippen molar-refractivity contribution in [2.75, 3.05) is 31.6 Å². The topological polar surface area (TPSA) is 50.8 Å². The van der Waals surface area contributed by atoms with E-state index in [0.717, 1.165) is 24.4 Å². The lowest BCUT2D eigenvalue weighted by atomic mass is 10.0. The molecule has 1 aliphatic rings. The molecule has 5 heteroatoms. The third-order valence-corrected chi connectivity index (χ3v) is 5.53. The molecule has 0 unspecified atom stereocenters. The van der Waals surface area contributed by atoms with Crippen LogP contribution in [-0.2, 0) is 9.53 Å². The van der Waals surface area contributed by atoms with Gasteiger partial charge in [0.15, 0.2) is 0 Å². The van der Waals surface area contributed by atoms with Crippen LogP contribution < -0.4 is 10.1 Å². The Morgan fingerprint density at radius 1 is 1.26 bits per heavy atom. The fraction of sp³-hybridized carbons (Fsp3) is 0.682. The fourth-order valence-corrected chi connectivity index (χ4v) is 3.49. The molecule has 2 rings (SSSR count). The van der Waals surface area contributed by atoms with Crippen molar-refractivity contribution in [1.82, 2.24) is 4.90 Å². The first-order valence-electron chi connectivity index (χ1n) is 10.4. The quantitative estimate of drug-likeness (QED) is 0.612. The lowest BCUT2D eigenvalue weighted by molar-refractivity contribution is -0.139. The molecule has 152 valence electrons. The minimum Gasteiger partial charge on any atom is -0.494 e. The van der Waals surface area contributed by atoms with Crippen molar-refractivity contribution in [3.63, 3.8) is 0 Å². The average Bonchev–Trinajstić information content (AvgIpc) is 2.67. The molecule has 0 aliphatic carbocycles. The van der Waals surface area contributed by atoms with Gasteiger partial charge in [0.25, 0.3) is 5.91 Å². The van der Waals surface area contributed by atoms with Crippen molar-refractivity contribution in [1.29, 1.82) is 0 Å². The number of amides is 1. The number of carbonyl (C=O) groups is 1. The molecule has 1 saturated heterocycles. The van der Waals surface area contributed by atoms with Crippen molar-refractivity contribution in [3.8, 4) is 5.75 Å². The van der Waals surface area contributed by atoms with Crippen LogP contribution in [0.15, 0.2) is 24.3 Å². The lowest BCUT2D eigenvalue weighted by Crippen LogP contribution is -2.42. The molecular formula is C22H36N2O3. The minimum absolute atomic E-state index is 0.115. The number of rotatable bonds is 10. The third-order valence-electron chi connectivity index (χ3n) is 5.53. The highest BCUT2D eigenvalue weighted by molar-refractivity contribution is 5.97. The molecule has 0 aromatic heterocycles. The third kappa shape index (κ3) is 6.51. The second-order valence-electron chi connectivity index (χ2n) is 7.58. The van der Waals surface area contributed by atoms with Gasteiger partial charge in [-0.1, -0.05) is 13.3 Å². The number of hydrogen-bond donors (Lipinski definition) is 1. The normalized spacial score (nSPS) is 20.1. The van der Waals surface area contributed by atoms with Gasteiger partial charge in [-0.2, -0.15) is 0 Å². The zero-order valence-electron chi connectivity index (χ0n) is 17.4. The van der Waals surface area contributed by atoms with Crippen molar-refractivity contribution in [3.05, 3.63) is 24.3 Å². The van der Waals surface area contributed by atoms with Gasteiger partial charge in [0.05, 0.1) is 6.61 Å². The monoisotopic (exact) mass is 376 g/mol. The summed E-state index contributed by atoms with van der Waals surface area (Å²) in [5.41, 5.74) is -0.0379. The maximum atomic E-state index is 12.5. The largest absolute Gasteiger partial charge is 0.494 e. The summed E-state index contributed by atoms with van der Waals surface area (Å²) in [5.74, 6) is 0.721. The Bertz CT molecular complexity index is 575. The number of likely N-dealkylation sites (tertiary alicyclic amines) is 1. The zero-order chi connectivity index (χ0) is 19.7. The van der Waals surface area contributed by atoms with Crippen LogP contribution >= 0.6 is 0 Å². The second kappa shape index (κ2) is 10.7. The summed E-state index contributed by atoms with van der Waals surface area (Å²) < 4.78 is 11.5. The Labute approximate surface area is 164 Å². The van der Waals surface area contributed by atoms with E-state index in [2.05, 4.69) is 17.1 Å². The van der Waals surface area contributed by atoms with Crippen LogP contribution in [0, 0.1) is 0 Å². The highest BCUT2D eigenvalue weighted by Gasteiger charge is 2.31. The Balaban J connectivity index is 1.75. The van der Waals surface area contributed by atoms with Gasteiger partial charge in [0.2, 0.25) is 0 Å². The van der Waals surface area contributed by atoms with Gasteiger partial charge in [0, 0.05) is 24.9 Å². The summed E-state index contributed by atoms with van der Waals surface area (Å²) in [7, 11) is 0. The Morgan fingerprint density at radius 2 is 2.00 bits per heavy atom. The van der Waals surface area contributed by atoms with E-state index < -0.39 is 5.60 Å². The smallest absolute Gasteiger partial charge is 0.256 e. The van der Waals surface area contributed by atoms with E-state index >= 15 is 0 Å². The molecule has 1 heterocycles. The summed E-state index contributed by atoms with van der Waals surface area (Å²) in [5, 5.41) is 2.93. The summed E-state index contributed by atoms with van der Waals surface area (Å²) in [6.45, 7) is 11.6. The van der Waals surface area contributed by atoms with Crippen LogP contribution in [0.4, 0.5) is 5.69 Å². The van der Waals surface area contributed by atoms with E-state index in [1.54, 1.807) is 0 Å². The van der Waals surface area contributed by atoms with Gasteiger partial charge in [0.1, 0.15) is 11.4 Å². The summed E-state index contributed by atoms with van der Waals surface area (Å²) in [6, 6.07) is 8.27. The number of carbonyl (C=O) groups excluding carboxylic acids is 1. The van der Waals surface area contributed by atoms with Crippen LogP contribution in [0.5, 0.6) is 5.75 Å². The Kier molecular flexibility index (Phi) is 8.58. The fourth-order valence-electron chi connectivity index (χ4n) is 3.49. The van der Waals surface area contributed by atoms with E-state index in [0.29, 0.717) is 25.7 Å². The predicted molar refractivity (Wildman–Crippen MR) is 110 cm³/mol. The van der Waals surface area contributed by atoms with Gasteiger partial charge < -0.3 is 19.7 Å². The molecule has 1 aliphatic heterocycles. The van der Waals surface area contributed by atoms with E-state index in [1.807, 2.05) is 45.0 Å². The highest BCUT2D eigenvalue weighted by atomic mass is 16.5. The van der Waals surface area contributed by atoms with Crippen LogP contribution in [-0.4, -0.2) is 48.8 Å². The molecule has 1 N–H and O–H groups in total. The second-order valence-corrected chi connectivity index (χ2v) is 7.58. The maximum absolute atomic E-state index is 12.5. The van der Waals surface area contributed by atoms with Crippen LogP contribution in [0.25, 0.3) is 0 Å².